The average molecular weight is 441 g/mol. The number of ether oxygens (including phenoxy) is 2. The van der Waals surface area contributed by atoms with Crippen LogP contribution < -0.4 is 14.8 Å². The van der Waals surface area contributed by atoms with E-state index >= 15 is 0 Å². The van der Waals surface area contributed by atoms with Gasteiger partial charge in [0.25, 0.3) is 5.91 Å². The zero-order valence-electron chi connectivity index (χ0n) is 17.2. The minimum Gasteiger partial charge on any atom is -0.454 e. The Bertz CT molecular complexity index is 1010. The molecule has 3 atom stereocenters. The first-order chi connectivity index (χ1) is 15.1. The minimum atomic E-state index is -0.464. The summed E-state index contributed by atoms with van der Waals surface area (Å²) >= 11 is 6.12. The number of fused-ring (bicyclic) bond motifs is 2. The number of carbonyl (C=O) groups excluding carboxylic acids is 2. The Morgan fingerprint density at radius 2 is 1.90 bits per heavy atom. The van der Waals surface area contributed by atoms with Gasteiger partial charge in [0.05, 0.1) is 0 Å². The Balaban J connectivity index is 1.34. The highest BCUT2D eigenvalue weighted by atomic mass is 35.5. The summed E-state index contributed by atoms with van der Waals surface area (Å²) in [7, 11) is 0. The normalized spacial score (nSPS) is 24.0. The Hall–Kier alpha value is -2.73. The van der Waals surface area contributed by atoms with Gasteiger partial charge < -0.3 is 19.7 Å². The van der Waals surface area contributed by atoms with Gasteiger partial charge in [-0.2, -0.15) is 0 Å². The van der Waals surface area contributed by atoms with Gasteiger partial charge in [0, 0.05) is 23.2 Å². The lowest BCUT2D eigenvalue weighted by molar-refractivity contribution is -0.125. The molecule has 162 valence electrons. The summed E-state index contributed by atoms with van der Waals surface area (Å²) in [5.74, 6) is 1.56. The number of likely N-dealkylation sites (tertiary alicyclic amines) is 1. The topological polar surface area (TPSA) is 67.9 Å². The molecule has 6 nitrogen and oxygen atoms in total. The van der Waals surface area contributed by atoms with Crippen molar-refractivity contribution in [3.05, 3.63) is 58.6 Å². The highest BCUT2D eigenvalue weighted by molar-refractivity contribution is 6.31. The van der Waals surface area contributed by atoms with Gasteiger partial charge in [0.15, 0.2) is 11.5 Å². The van der Waals surface area contributed by atoms with Gasteiger partial charge in [-0.3, -0.25) is 9.59 Å². The van der Waals surface area contributed by atoms with Gasteiger partial charge in [-0.25, -0.2) is 0 Å². The van der Waals surface area contributed by atoms with Crippen LogP contribution in [0.4, 0.5) is 0 Å². The molecule has 2 aromatic rings. The van der Waals surface area contributed by atoms with Crippen LogP contribution in [0.15, 0.2) is 42.5 Å². The van der Waals surface area contributed by atoms with Gasteiger partial charge in [0.1, 0.15) is 6.04 Å². The smallest absolute Gasteiger partial charge is 0.254 e. The van der Waals surface area contributed by atoms with Crippen LogP contribution in [-0.2, 0) is 11.3 Å². The van der Waals surface area contributed by atoms with Crippen molar-refractivity contribution in [2.75, 3.05) is 6.79 Å². The predicted molar refractivity (Wildman–Crippen MR) is 116 cm³/mol. The molecule has 5 rings (SSSR count). The maximum Gasteiger partial charge on any atom is 0.254 e. The first kappa shape index (κ1) is 20.2. The summed E-state index contributed by atoms with van der Waals surface area (Å²) < 4.78 is 10.8. The zero-order chi connectivity index (χ0) is 21.4. The molecule has 2 heterocycles. The fourth-order valence-corrected chi connectivity index (χ4v) is 5.30. The predicted octanol–water partition coefficient (Wildman–Crippen LogP) is 4.16. The molecule has 1 saturated carbocycles. The van der Waals surface area contributed by atoms with E-state index in [9.17, 15) is 9.59 Å². The molecular weight excluding hydrogens is 416 g/mol. The minimum absolute atomic E-state index is 0.109. The number of rotatable bonds is 4. The van der Waals surface area contributed by atoms with E-state index in [2.05, 4.69) is 5.32 Å². The summed E-state index contributed by atoms with van der Waals surface area (Å²) in [4.78, 5) is 28.5. The molecule has 0 spiro atoms. The molecule has 1 N–H and O–H groups in total. The summed E-state index contributed by atoms with van der Waals surface area (Å²) in [6, 6.07) is 12.3. The van der Waals surface area contributed by atoms with Gasteiger partial charge in [-0.05, 0) is 61.1 Å². The van der Waals surface area contributed by atoms with Crippen LogP contribution >= 0.6 is 11.6 Å². The maximum absolute atomic E-state index is 13.4. The lowest BCUT2D eigenvalue weighted by atomic mass is 9.84. The highest BCUT2D eigenvalue weighted by Gasteiger charge is 2.47. The molecule has 2 amide bonds. The molecule has 2 fully saturated rings. The molecule has 7 heteroatoms. The third-order valence-corrected chi connectivity index (χ3v) is 6.84. The SMILES string of the molecule is O=C(NCc1ccc2c(c1)OCO2)[C@@H]1C[C@H]2CCCC[C@@H]2N1C(=O)c1cccc(Cl)c1. The second kappa shape index (κ2) is 8.42. The first-order valence-electron chi connectivity index (χ1n) is 10.8. The second-order valence-corrected chi connectivity index (χ2v) is 8.93. The Morgan fingerprint density at radius 3 is 2.77 bits per heavy atom. The number of hydrogen-bond acceptors (Lipinski definition) is 4. The lowest BCUT2D eigenvalue weighted by Crippen LogP contribution is -2.49. The van der Waals surface area contributed by atoms with Crippen molar-refractivity contribution in [1.82, 2.24) is 10.2 Å². The van der Waals surface area contributed by atoms with E-state index in [1.165, 1.54) is 0 Å². The van der Waals surface area contributed by atoms with Crippen molar-refractivity contribution in [3.8, 4) is 11.5 Å². The number of amides is 2. The number of nitrogens with one attached hydrogen (secondary N) is 1. The monoisotopic (exact) mass is 440 g/mol. The maximum atomic E-state index is 13.4. The molecule has 0 radical (unpaired) electrons. The molecule has 31 heavy (non-hydrogen) atoms. The number of benzene rings is 2. The van der Waals surface area contributed by atoms with Crippen LogP contribution in [-0.4, -0.2) is 35.6 Å². The number of carbonyl (C=O) groups is 2. The molecule has 1 saturated heterocycles. The van der Waals surface area contributed by atoms with E-state index in [-0.39, 0.29) is 24.6 Å². The van der Waals surface area contributed by atoms with Gasteiger partial charge in [-0.1, -0.05) is 36.6 Å². The van der Waals surface area contributed by atoms with Crippen LogP contribution in [0.1, 0.15) is 48.0 Å². The summed E-state index contributed by atoms with van der Waals surface area (Å²) in [5.41, 5.74) is 1.47. The van der Waals surface area contributed by atoms with E-state index in [4.69, 9.17) is 21.1 Å². The van der Waals surface area contributed by atoms with Crippen molar-refractivity contribution >= 4 is 23.4 Å². The van der Waals surface area contributed by atoms with Crippen molar-refractivity contribution in [3.63, 3.8) is 0 Å². The molecular formula is C24H25ClN2O4. The molecule has 0 bridgehead atoms. The number of nitrogens with zero attached hydrogens (tertiary/aromatic N) is 1. The van der Waals surface area contributed by atoms with Crippen LogP contribution in [0.25, 0.3) is 0 Å². The summed E-state index contributed by atoms with van der Waals surface area (Å²) in [6.45, 7) is 0.594. The Morgan fingerprint density at radius 1 is 1.06 bits per heavy atom. The summed E-state index contributed by atoms with van der Waals surface area (Å²) in [6.07, 6.45) is 4.97. The van der Waals surface area contributed by atoms with Crippen LogP contribution in [0, 0.1) is 5.92 Å². The van der Waals surface area contributed by atoms with Gasteiger partial charge in [-0.15, -0.1) is 0 Å². The van der Waals surface area contributed by atoms with E-state index in [0.717, 1.165) is 31.2 Å². The van der Waals surface area contributed by atoms with Crippen LogP contribution in [0.2, 0.25) is 5.02 Å². The Kier molecular flexibility index (Phi) is 5.48. The molecule has 3 aliphatic rings. The third kappa shape index (κ3) is 3.97. The van der Waals surface area contributed by atoms with Crippen LogP contribution in [0.3, 0.4) is 0 Å². The zero-order valence-corrected chi connectivity index (χ0v) is 17.9. The fourth-order valence-electron chi connectivity index (χ4n) is 5.11. The lowest BCUT2D eigenvalue weighted by Gasteiger charge is -2.33. The van der Waals surface area contributed by atoms with Crippen molar-refractivity contribution in [2.24, 2.45) is 5.92 Å². The van der Waals surface area contributed by atoms with Gasteiger partial charge in [0.2, 0.25) is 12.7 Å². The van der Waals surface area contributed by atoms with E-state index in [1.807, 2.05) is 23.1 Å². The van der Waals surface area contributed by atoms with E-state index < -0.39 is 6.04 Å². The fraction of sp³-hybridized carbons (Fsp3) is 0.417. The first-order valence-corrected chi connectivity index (χ1v) is 11.2. The van der Waals surface area contributed by atoms with Crippen molar-refractivity contribution in [1.29, 1.82) is 0 Å². The van der Waals surface area contributed by atoms with Crippen LogP contribution in [0.5, 0.6) is 11.5 Å². The molecule has 2 aromatic carbocycles. The quantitative estimate of drug-likeness (QED) is 0.775. The average Bonchev–Trinajstić information content (AvgIpc) is 3.41. The summed E-state index contributed by atoms with van der Waals surface area (Å²) in [5, 5.41) is 3.56. The van der Waals surface area contributed by atoms with E-state index in [0.29, 0.717) is 41.0 Å². The molecule has 0 unspecified atom stereocenters. The number of halogens is 1. The van der Waals surface area contributed by atoms with Gasteiger partial charge >= 0.3 is 0 Å². The standard InChI is InChI=1S/C24H25ClN2O4/c25-18-6-3-5-17(11-18)24(29)27-19-7-2-1-4-16(19)12-20(27)23(28)26-13-15-8-9-21-22(10-15)31-14-30-21/h3,5-6,8-11,16,19-20H,1-2,4,7,12-14H2,(H,26,28)/t16-,19+,20+/m1/s1. The van der Waals surface area contributed by atoms with Crippen molar-refractivity contribution in [2.45, 2.75) is 50.7 Å². The number of hydrogen-bond donors (Lipinski definition) is 1. The molecule has 0 aromatic heterocycles. The molecule has 2 aliphatic heterocycles. The van der Waals surface area contributed by atoms with Crippen molar-refractivity contribution < 1.29 is 19.1 Å². The largest absolute Gasteiger partial charge is 0.454 e. The van der Waals surface area contributed by atoms with E-state index in [1.54, 1.807) is 24.3 Å². The third-order valence-electron chi connectivity index (χ3n) is 6.60. The second-order valence-electron chi connectivity index (χ2n) is 8.49. The Labute approximate surface area is 186 Å². The molecule has 1 aliphatic carbocycles. The highest BCUT2D eigenvalue weighted by Crippen LogP contribution is 2.41.